The quantitative estimate of drug-likeness (QED) is 0.179. The lowest BCUT2D eigenvalue weighted by molar-refractivity contribution is 1.07. The standard InChI is InChI=1S/C42H26N6S/c1-3-10-29(11-4-1)40-46-41(30-12-5-2-6-13-30)48-42(47-40)34-23-32(22-33(24-34)31-14-9-21-43-25-31)27-17-19-28(20-18-27)37-39-38(45-26-44-37)35-15-7-8-16-36(35)49-39/h1-26H. The van der Waals surface area contributed by atoms with Gasteiger partial charge in [-0.1, -0.05) is 109 Å². The highest BCUT2D eigenvalue weighted by Crippen LogP contribution is 2.38. The third-order valence-electron chi connectivity index (χ3n) is 8.54. The molecule has 4 aromatic heterocycles. The lowest BCUT2D eigenvalue weighted by Gasteiger charge is -2.12. The number of thiophene rings is 1. The maximum absolute atomic E-state index is 5.02. The Labute approximate surface area is 286 Å². The molecule has 0 aliphatic heterocycles. The van der Waals surface area contributed by atoms with Crippen molar-refractivity contribution >= 4 is 31.6 Å². The SMILES string of the molecule is c1ccc(-c2nc(-c3ccccc3)nc(-c3cc(-c4ccc(-c5ncnc6c5sc5ccccc56)cc4)cc(-c4cccnc4)c3)n2)cc1. The van der Waals surface area contributed by atoms with Crippen molar-refractivity contribution in [2.24, 2.45) is 0 Å². The van der Waals surface area contributed by atoms with Gasteiger partial charge in [-0.2, -0.15) is 0 Å². The molecule has 6 nitrogen and oxygen atoms in total. The van der Waals surface area contributed by atoms with E-state index in [1.807, 2.05) is 72.9 Å². The zero-order chi connectivity index (χ0) is 32.6. The first-order valence-electron chi connectivity index (χ1n) is 15.9. The van der Waals surface area contributed by atoms with Crippen molar-refractivity contribution in [1.82, 2.24) is 29.9 Å². The zero-order valence-corrected chi connectivity index (χ0v) is 26.9. The van der Waals surface area contributed by atoms with Crippen LogP contribution in [0.1, 0.15) is 0 Å². The molecule has 9 aromatic rings. The topological polar surface area (TPSA) is 77.3 Å². The predicted molar refractivity (Wildman–Crippen MR) is 199 cm³/mol. The number of nitrogens with zero attached hydrogens (tertiary/aromatic N) is 6. The number of benzene rings is 5. The molecule has 0 aliphatic rings. The Balaban J connectivity index is 1.18. The van der Waals surface area contributed by atoms with Gasteiger partial charge >= 0.3 is 0 Å². The van der Waals surface area contributed by atoms with E-state index in [1.165, 1.54) is 4.70 Å². The van der Waals surface area contributed by atoms with Crippen LogP contribution in [0.3, 0.4) is 0 Å². The second-order valence-corrected chi connectivity index (χ2v) is 12.7. The van der Waals surface area contributed by atoms with E-state index in [0.29, 0.717) is 17.5 Å². The first-order chi connectivity index (χ1) is 24.3. The van der Waals surface area contributed by atoms with E-state index in [-0.39, 0.29) is 0 Å². The van der Waals surface area contributed by atoms with E-state index in [9.17, 15) is 0 Å². The minimum Gasteiger partial charge on any atom is -0.264 e. The van der Waals surface area contributed by atoms with Crippen LogP contribution < -0.4 is 0 Å². The molecule has 0 saturated carbocycles. The van der Waals surface area contributed by atoms with E-state index in [2.05, 4.69) is 82.8 Å². The van der Waals surface area contributed by atoms with Crippen LogP contribution in [0.4, 0.5) is 0 Å². The van der Waals surface area contributed by atoms with E-state index < -0.39 is 0 Å². The minimum atomic E-state index is 0.601. The Morgan fingerprint density at radius 1 is 0.429 bits per heavy atom. The fraction of sp³-hybridized carbons (Fsp3) is 0. The van der Waals surface area contributed by atoms with Gasteiger partial charge in [-0.25, -0.2) is 24.9 Å². The highest BCUT2D eigenvalue weighted by molar-refractivity contribution is 7.26. The minimum absolute atomic E-state index is 0.601. The Morgan fingerprint density at radius 3 is 1.67 bits per heavy atom. The van der Waals surface area contributed by atoms with Gasteiger partial charge in [0, 0.05) is 50.3 Å². The summed E-state index contributed by atoms with van der Waals surface area (Å²) >= 11 is 1.73. The monoisotopic (exact) mass is 646 g/mol. The molecule has 0 fully saturated rings. The number of aromatic nitrogens is 6. The first kappa shape index (κ1) is 28.8. The Hall–Kier alpha value is -6.44. The molecule has 7 heteroatoms. The van der Waals surface area contributed by atoms with Gasteiger partial charge in [-0.05, 0) is 47.0 Å². The first-order valence-corrected chi connectivity index (χ1v) is 16.7. The molecule has 0 N–H and O–H groups in total. The fourth-order valence-electron chi connectivity index (χ4n) is 6.11. The van der Waals surface area contributed by atoms with Crippen LogP contribution in [0.25, 0.3) is 88.0 Å². The predicted octanol–water partition coefficient (Wildman–Crippen LogP) is 10.4. The third-order valence-corrected chi connectivity index (χ3v) is 9.70. The summed E-state index contributed by atoms with van der Waals surface area (Å²) in [4.78, 5) is 28.7. The summed E-state index contributed by atoms with van der Waals surface area (Å²) in [5, 5.41) is 1.16. The summed E-state index contributed by atoms with van der Waals surface area (Å²) in [6.45, 7) is 0. The molecule has 0 aliphatic carbocycles. The molecule has 4 heterocycles. The van der Waals surface area contributed by atoms with E-state index in [4.69, 9.17) is 19.9 Å². The van der Waals surface area contributed by atoms with Crippen LogP contribution in [0.2, 0.25) is 0 Å². The van der Waals surface area contributed by atoms with Crippen molar-refractivity contribution in [2.75, 3.05) is 0 Å². The van der Waals surface area contributed by atoms with Crippen LogP contribution in [0.5, 0.6) is 0 Å². The molecule has 0 amide bonds. The number of fused-ring (bicyclic) bond motifs is 3. The summed E-state index contributed by atoms with van der Waals surface area (Å²) < 4.78 is 2.30. The third kappa shape index (κ3) is 5.52. The van der Waals surface area contributed by atoms with Crippen LogP contribution >= 0.6 is 11.3 Å². The second-order valence-electron chi connectivity index (χ2n) is 11.7. The maximum atomic E-state index is 5.02. The van der Waals surface area contributed by atoms with Crippen molar-refractivity contribution in [1.29, 1.82) is 0 Å². The summed E-state index contributed by atoms with van der Waals surface area (Å²) in [6.07, 6.45) is 5.34. The maximum Gasteiger partial charge on any atom is 0.164 e. The number of pyridine rings is 1. The molecule has 230 valence electrons. The van der Waals surface area contributed by atoms with Gasteiger partial charge in [-0.15, -0.1) is 11.3 Å². The van der Waals surface area contributed by atoms with Crippen LogP contribution in [0, 0.1) is 0 Å². The van der Waals surface area contributed by atoms with Gasteiger partial charge in [0.25, 0.3) is 0 Å². The van der Waals surface area contributed by atoms with Crippen molar-refractivity contribution in [3.05, 3.63) is 158 Å². The molecular weight excluding hydrogens is 621 g/mol. The molecule has 0 radical (unpaired) electrons. The smallest absolute Gasteiger partial charge is 0.164 e. The molecule has 5 aromatic carbocycles. The number of rotatable bonds is 6. The highest BCUT2D eigenvalue weighted by atomic mass is 32.1. The molecule has 49 heavy (non-hydrogen) atoms. The molecule has 9 rings (SSSR count). The van der Waals surface area contributed by atoms with Crippen LogP contribution in [0.15, 0.2) is 158 Å². The number of hydrogen-bond acceptors (Lipinski definition) is 7. The molecule has 0 unspecified atom stereocenters. The normalized spacial score (nSPS) is 11.3. The van der Waals surface area contributed by atoms with Gasteiger partial charge in [0.15, 0.2) is 17.5 Å². The summed E-state index contributed by atoms with van der Waals surface area (Å²) in [6, 6.07) is 47.6. The molecule has 0 spiro atoms. The Kier molecular flexibility index (Phi) is 7.22. The second kappa shape index (κ2) is 12.3. The summed E-state index contributed by atoms with van der Waals surface area (Å²) in [5.41, 5.74) is 9.87. The van der Waals surface area contributed by atoms with Crippen LogP contribution in [-0.4, -0.2) is 29.9 Å². The Morgan fingerprint density at radius 2 is 1.00 bits per heavy atom. The van der Waals surface area contributed by atoms with Gasteiger partial charge in [0.1, 0.15) is 6.33 Å². The largest absolute Gasteiger partial charge is 0.264 e. The van der Waals surface area contributed by atoms with Crippen molar-refractivity contribution in [3.63, 3.8) is 0 Å². The van der Waals surface area contributed by atoms with Crippen molar-refractivity contribution < 1.29 is 0 Å². The van der Waals surface area contributed by atoms with Crippen molar-refractivity contribution in [2.45, 2.75) is 0 Å². The molecule has 0 atom stereocenters. The van der Waals surface area contributed by atoms with E-state index in [0.717, 1.165) is 65.8 Å². The van der Waals surface area contributed by atoms with Crippen molar-refractivity contribution in [3.8, 4) is 67.7 Å². The van der Waals surface area contributed by atoms with Gasteiger partial charge in [-0.3, -0.25) is 4.98 Å². The number of hydrogen-bond donors (Lipinski definition) is 0. The van der Waals surface area contributed by atoms with Crippen LogP contribution in [-0.2, 0) is 0 Å². The molecule has 0 saturated heterocycles. The average molecular weight is 647 g/mol. The summed E-state index contributed by atoms with van der Waals surface area (Å²) in [5.74, 6) is 1.85. The molecule has 0 bridgehead atoms. The van der Waals surface area contributed by atoms with E-state index in [1.54, 1.807) is 23.9 Å². The van der Waals surface area contributed by atoms with Gasteiger partial charge in [0.2, 0.25) is 0 Å². The zero-order valence-electron chi connectivity index (χ0n) is 26.1. The fourth-order valence-corrected chi connectivity index (χ4v) is 7.28. The van der Waals surface area contributed by atoms with Gasteiger partial charge in [0.05, 0.1) is 15.9 Å². The average Bonchev–Trinajstić information content (AvgIpc) is 3.58. The van der Waals surface area contributed by atoms with E-state index >= 15 is 0 Å². The lowest BCUT2D eigenvalue weighted by Crippen LogP contribution is -2.00. The van der Waals surface area contributed by atoms with Gasteiger partial charge < -0.3 is 0 Å². The summed E-state index contributed by atoms with van der Waals surface area (Å²) in [7, 11) is 0. The lowest BCUT2D eigenvalue weighted by atomic mass is 9.95. The highest BCUT2D eigenvalue weighted by Gasteiger charge is 2.16. The molecular formula is C42H26N6S. The Bertz CT molecular complexity index is 2530.